The molecule has 0 aliphatic rings. The van der Waals surface area contributed by atoms with E-state index in [4.69, 9.17) is 0 Å². The zero-order valence-electron chi connectivity index (χ0n) is 5.23. The van der Waals surface area contributed by atoms with Crippen molar-refractivity contribution in [2.45, 2.75) is 13.8 Å². The molecule has 0 fully saturated rings. The third kappa shape index (κ3) is 4.98. The van der Waals surface area contributed by atoms with Crippen LogP contribution in [0.15, 0.2) is 17.9 Å². The van der Waals surface area contributed by atoms with Crippen molar-refractivity contribution in [2.75, 3.05) is 0 Å². The van der Waals surface area contributed by atoms with Gasteiger partial charge >= 0.3 is 80.7 Å². The summed E-state index contributed by atoms with van der Waals surface area (Å²) in [6.45, 7) is 4.17. The van der Waals surface area contributed by atoms with Crippen LogP contribution in [0.5, 0.6) is 0 Å². The second-order valence-electron chi connectivity index (χ2n) is 1.53. The molecule has 0 bridgehead atoms. The zero-order chi connectivity index (χ0) is 5.70. The Morgan fingerprint density at radius 2 is 2.14 bits per heavy atom. The van der Waals surface area contributed by atoms with E-state index < -0.39 is 0 Å². The molecule has 0 nitrogen and oxygen atoms in total. The summed E-state index contributed by atoms with van der Waals surface area (Å²) in [5.74, 6) is 0. The normalized spacial score (nSPS) is 13.4. The minimum absolute atomic E-state index is 0.872. The Morgan fingerprint density at radius 1 is 1.57 bits per heavy atom. The van der Waals surface area contributed by atoms with Gasteiger partial charge in [0.2, 0.25) is 0 Å². The quantitative estimate of drug-likeness (QED) is 0.364. The van der Waals surface area contributed by atoms with Crippen molar-refractivity contribution in [1.29, 1.82) is 0 Å². The molecule has 0 aliphatic heterocycles. The van der Waals surface area contributed by atoms with Crippen molar-refractivity contribution in [3.63, 3.8) is 0 Å². The fraction of sp³-hybridized carbons (Fsp3) is 0.333. The Morgan fingerprint density at radius 3 is 2.29 bits per heavy atom. The van der Waals surface area contributed by atoms with E-state index in [9.17, 15) is 0 Å². The molecule has 0 radical (unpaired) electrons. The first-order chi connectivity index (χ1) is 3.31. The first kappa shape index (κ1) is 8.12. The van der Waals surface area contributed by atoms with Gasteiger partial charge in [-0.2, -0.15) is 0 Å². The van der Waals surface area contributed by atoms with Gasteiger partial charge < -0.3 is 0 Å². The molecule has 0 unspecified atom stereocenters. The number of hydrogen-bond donors (Lipinski definition) is 0. The molecular weight excluding hydrogens is 111 g/mol. The second-order valence-corrected chi connectivity index (χ2v) is 2.57. The summed E-state index contributed by atoms with van der Waals surface area (Å²) in [6, 6.07) is 0. The second kappa shape index (κ2) is 5.26. The van der Waals surface area contributed by atoms with Crippen LogP contribution in [0.1, 0.15) is 13.8 Å². The van der Waals surface area contributed by atoms with Crippen LogP contribution in [0, 0.1) is 0 Å². The van der Waals surface area contributed by atoms with Crippen molar-refractivity contribution in [1.82, 2.24) is 0 Å². The average molecular weight is 120 g/mol. The van der Waals surface area contributed by atoms with Crippen molar-refractivity contribution < 1.29 is 0 Å². The van der Waals surface area contributed by atoms with E-state index >= 15 is 0 Å². The molecule has 0 aromatic rings. The summed E-state index contributed by atoms with van der Waals surface area (Å²) in [6.07, 6.45) is 4.28. The molecule has 0 aromatic heterocycles. The van der Waals surface area contributed by atoms with Crippen LogP contribution < -0.4 is 0 Å². The third-order valence-electron chi connectivity index (χ3n) is 0.885. The fourth-order valence-corrected chi connectivity index (χ4v) is 1.18. The topological polar surface area (TPSA) is 0 Å². The van der Waals surface area contributed by atoms with Crippen LogP contribution in [0.4, 0.5) is 0 Å². The van der Waals surface area contributed by atoms with Crippen LogP contribution >= 0.6 is 0 Å². The van der Waals surface area contributed by atoms with E-state index in [1.54, 1.807) is 0 Å². The van der Waals surface area contributed by atoms with Gasteiger partial charge in [0.05, 0.1) is 0 Å². The standard InChI is InChI=1S/C6H9.K/c1-4-6(3)5-2;/h1,4-5H,2-3H3;/b4-1?,6-5+;. The summed E-state index contributed by atoms with van der Waals surface area (Å²) in [5, 5.41) is 0. The molecule has 0 amide bonds. The van der Waals surface area contributed by atoms with E-state index in [0.29, 0.717) is 0 Å². The molecule has 0 saturated heterocycles. The van der Waals surface area contributed by atoms with E-state index in [-0.39, 0.29) is 0 Å². The zero-order valence-corrected chi connectivity index (χ0v) is 8.36. The molecule has 7 heavy (non-hydrogen) atoms. The van der Waals surface area contributed by atoms with Gasteiger partial charge in [-0.05, 0) is 0 Å². The Labute approximate surface area is 79.3 Å². The Balaban J connectivity index is 3.58. The number of hydrogen-bond acceptors (Lipinski definition) is 0. The van der Waals surface area contributed by atoms with Crippen LogP contribution in [-0.2, 0) is 0 Å². The van der Waals surface area contributed by atoms with Gasteiger partial charge in [0, 0.05) is 0 Å². The van der Waals surface area contributed by atoms with Crippen molar-refractivity contribution in [3.8, 4) is 0 Å². The van der Waals surface area contributed by atoms with Gasteiger partial charge in [-0.15, -0.1) is 0 Å². The summed E-state index contributed by atoms with van der Waals surface area (Å²) in [7, 11) is 0. The Kier molecular flexibility index (Phi) is 6.10. The number of allylic oxidation sites excluding steroid dienone is 3. The molecule has 0 aromatic carbocycles. The first-order valence-corrected chi connectivity index (χ1v) is 4.37. The molecule has 0 rings (SSSR count). The van der Waals surface area contributed by atoms with E-state index in [1.165, 1.54) is 5.57 Å². The van der Waals surface area contributed by atoms with Crippen LogP contribution in [0.2, 0.25) is 0 Å². The monoisotopic (exact) mass is 120 g/mol. The maximum absolute atomic E-state index is 2.22. The number of rotatable bonds is 1. The maximum atomic E-state index is 2.22. The molecule has 0 atom stereocenters. The van der Waals surface area contributed by atoms with Crippen molar-refractivity contribution in [3.05, 3.63) is 17.9 Å². The summed E-state index contributed by atoms with van der Waals surface area (Å²) in [5.41, 5.74) is 1.37. The van der Waals surface area contributed by atoms with Gasteiger partial charge in [0.25, 0.3) is 0 Å². The van der Waals surface area contributed by atoms with Crippen molar-refractivity contribution >= 4 is 49.0 Å². The van der Waals surface area contributed by atoms with Crippen LogP contribution in [0.25, 0.3) is 0 Å². The first-order valence-electron chi connectivity index (χ1n) is 2.57. The summed E-state index contributed by atoms with van der Waals surface area (Å²) in [4.78, 5) is 0. The molecule has 0 saturated carbocycles. The van der Waals surface area contributed by atoms with E-state index in [1.807, 2.05) is 0 Å². The predicted molar refractivity (Wildman–Crippen MR) is 34.3 cm³/mol. The van der Waals surface area contributed by atoms with E-state index in [2.05, 4.69) is 26.2 Å². The molecule has 0 spiro atoms. The summed E-state index contributed by atoms with van der Waals surface area (Å²) < 4.78 is 2.22. The molecule has 34 valence electrons. The fourth-order valence-electron chi connectivity index (χ4n) is 0.359. The minimum atomic E-state index is 0.872. The molecule has 0 heterocycles. The van der Waals surface area contributed by atoms with E-state index in [0.717, 1.165) is 49.0 Å². The molecule has 0 N–H and O–H groups in total. The predicted octanol–water partition coefficient (Wildman–Crippen LogP) is 1.63. The van der Waals surface area contributed by atoms with Gasteiger partial charge in [-0.1, -0.05) is 0 Å². The van der Waals surface area contributed by atoms with Crippen LogP contribution in [-0.4, -0.2) is 49.0 Å². The Hall–Kier alpha value is 1.12. The van der Waals surface area contributed by atoms with Gasteiger partial charge in [0.15, 0.2) is 0 Å². The third-order valence-corrected chi connectivity index (χ3v) is 1.41. The molecular formula is C6H9K. The summed E-state index contributed by atoms with van der Waals surface area (Å²) >= 11 is 0.872. The molecule has 0 aliphatic carbocycles. The van der Waals surface area contributed by atoms with Crippen molar-refractivity contribution in [2.24, 2.45) is 0 Å². The van der Waals surface area contributed by atoms with Crippen LogP contribution in [0.3, 0.4) is 0 Å². The Bertz CT molecular complexity index is 90.4. The molecule has 1 heteroatoms. The van der Waals surface area contributed by atoms with Gasteiger partial charge in [-0.25, -0.2) is 0 Å². The average Bonchev–Trinajstić information content (AvgIpc) is 1.68. The SMILES string of the molecule is C/C=C(C)/C=[CH]/[K]. The van der Waals surface area contributed by atoms with Gasteiger partial charge in [-0.3, -0.25) is 0 Å². The van der Waals surface area contributed by atoms with Gasteiger partial charge in [0.1, 0.15) is 0 Å².